The number of nitrogens with one attached hydrogen (secondary N) is 1. The number of carboxylic acids is 1. The molecule has 2 N–H and O–H groups in total. The maximum Gasteiger partial charge on any atom is 0.336 e. The van der Waals surface area contributed by atoms with Gasteiger partial charge in [0.05, 0.1) is 41.0 Å². The first-order chi connectivity index (χ1) is 13.5. The molecule has 0 radical (unpaired) electrons. The van der Waals surface area contributed by atoms with E-state index in [0.29, 0.717) is 27.8 Å². The van der Waals surface area contributed by atoms with Crippen LogP contribution in [0.5, 0.6) is 11.5 Å². The minimum Gasteiger partial charge on any atom is -0.493 e. The molecular weight excluding hydrogens is 446 g/mol. The van der Waals surface area contributed by atoms with Crippen LogP contribution in [0.4, 0.5) is 5.69 Å². The van der Waals surface area contributed by atoms with Gasteiger partial charge >= 0.3 is 5.97 Å². The quantitative estimate of drug-likeness (QED) is 0.573. The Morgan fingerprint density at radius 1 is 1.29 bits per heavy atom. The van der Waals surface area contributed by atoms with Gasteiger partial charge in [0.15, 0.2) is 11.5 Å². The third-order valence-corrected chi connectivity index (χ3v) is 6.42. The molecule has 2 aliphatic rings. The van der Waals surface area contributed by atoms with Crippen molar-refractivity contribution in [2.45, 2.75) is 18.4 Å². The van der Waals surface area contributed by atoms with Crippen molar-refractivity contribution in [3.63, 3.8) is 0 Å². The first kappa shape index (κ1) is 19.2. The lowest BCUT2D eigenvalue weighted by molar-refractivity contribution is 0.0695. The Morgan fingerprint density at radius 2 is 2.07 bits per heavy atom. The van der Waals surface area contributed by atoms with Crippen LogP contribution < -0.4 is 14.8 Å². The summed E-state index contributed by atoms with van der Waals surface area (Å²) < 4.78 is 11.7. The van der Waals surface area contributed by atoms with E-state index in [0.717, 1.165) is 22.0 Å². The van der Waals surface area contributed by atoms with Gasteiger partial charge in [-0.2, -0.15) is 0 Å². The van der Waals surface area contributed by atoms with Crippen molar-refractivity contribution in [3.8, 4) is 11.5 Å². The molecule has 2 aromatic rings. The van der Waals surface area contributed by atoms with Crippen LogP contribution in [0.15, 0.2) is 40.9 Å². The SMILES string of the molecule is COc1cc([C@@H]2Nc3c(Cl)ccc(C(=O)O)c3[C@H]3C=CC[C@@H]32)cc(Br)c1OC. The maximum absolute atomic E-state index is 11.8. The molecule has 0 saturated carbocycles. The standard InChI is InChI=1S/C21H19BrClNO4/c1-27-16-9-10(8-14(22)20(16)28-2)18-12-5-3-4-11(12)17-13(21(25)26)6-7-15(23)19(17)24-18/h3-4,6-9,11-12,18,24H,5H2,1-2H3,(H,25,26)/t11-,12-,18-/m0/s1. The Kier molecular flexibility index (Phi) is 5.02. The molecule has 4 rings (SSSR count). The highest BCUT2D eigenvalue weighted by atomic mass is 79.9. The van der Waals surface area contributed by atoms with E-state index >= 15 is 0 Å². The second-order valence-electron chi connectivity index (χ2n) is 6.90. The Morgan fingerprint density at radius 3 is 2.75 bits per heavy atom. The summed E-state index contributed by atoms with van der Waals surface area (Å²) in [7, 11) is 3.20. The lowest BCUT2D eigenvalue weighted by atomic mass is 9.75. The number of halogens is 2. The second-order valence-corrected chi connectivity index (χ2v) is 8.16. The van der Waals surface area contributed by atoms with Gasteiger partial charge in [0.25, 0.3) is 0 Å². The summed E-state index contributed by atoms with van der Waals surface area (Å²) in [5.74, 6) is 0.482. The summed E-state index contributed by atoms with van der Waals surface area (Å²) in [4.78, 5) is 11.8. The highest BCUT2D eigenvalue weighted by Gasteiger charge is 2.41. The lowest BCUT2D eigenvalue weighted by Crippen LogP contribution is -2.30. The van der Waals surface area contributed by atoms with Crippen molar-refractivity contribution in [2.75, 3.05) is 19.5 Å². The fourth-order valence-electron chi connectivity index (χ4n) is 4.31. The van der Waals surface area contributed by atoms with Crippen LogP contribution in [0.3, 0.4) is 0 Å². The number of fused-ring (bicyclic) bond motifs is 3. The molecule has 5 nitrogen and oxygen atoms in total. The van der Waals surface area contributed by atoms with Gasteiger partial charge in [0, 0.05) is 5.92 Å². The van der Waals surface area contributed by atoms with Crippen molar-refractivity contribution in [1.82, 2.24) is 0 Å². The molecule has 7 heteroatoms. The first-order valence-electron chi connectivity index (χ1n) is 8.86. The number of ether oxygens (including phenoxy) is 2. The van der Waals surface area contributed by atoms with E-state index in [1.807, 2.05) is 12.1 Å². The molecule has 0 aromatic heterocycles. The van der Waals surface area contributed by atoms with Crippen molar-refractivity contribution in [1.29, 1.82) is 0 Å². The van der Waals surface area contributed by atoms with Gasteiger partial charge in [0.2, 0.25) is 0 Å². The minimum atomic E-state index is -0.943. The summed E-state index contributed by atoms with van der Waals surface area (Å²) in [6, 6.07) is 7.13. The number of benzene rings is 2. The number of methoxy groups -OCH3 is 2. The number of aromatic carboxylic acids is 1. The third kappa shape index (κ3) is 2.95. The number of rotatable bonds is 4. The molecule has 146 valence electrons. The molecule has 0 spiro atoms. The summed E-state index contributed by atoms with van der Waals surface area (Å²) in [6.45, 7) is 0. The minimum absolute atomic E-state index is 0.0158. The predicted octanol–water partition coefficient (Wildman–Crippen LogP) is 5.64. The lowest BCUT2D eigenvalue weighted by Gasteiger charge is -2.38. The van der Waals surface area contributed by atoms with Crippen LogP contribution >= 0.6 is 27.5 Å². The molecule has 2 aromatic carbocycles. The molecule has 1 aliphatic carbocycles. The Bertz CT molecular complexity index is 991. The Hall–Kier alpha value is -2.18. The number of hydrogen-bond acceptors (Lipinski definition) is 4. The number of hydrogen-bond donors (Lipinski definition) is 2. The van der Waals surface area contributed by atoms with Gasteiger partial charge in [-0.15, -0.1) is 0 Å². The molecule has 0 saturated heterocycles. The smallest absolute Gasteiger partial charge is 0.336 e. The van der Waals surface area contributed by atoms with Gasteiger partial charge in [-0.3, -0.25) is 0 Å². The second kappa shape index (κ2) is 7.33. The normalized spacial score (nSPS) is 22.2. The van der Waals surface area contributed by atoms with Gasteiger partial charge in [-0.1, -0.05) is 23.8 Å². The van der Waals surface area contributed by atoms with E-state index in [-0.39, 0.29) is 17.9 Å². The van der Waals surface area contributed by atoms with Gasteiger partial charge in [0.1, 0.15) is 0 Å². The van der Waals surface area contributed by atoms with Gasteiger partial charge in [-0.05, 0) is 63.7 Å². The predicted molar refractivity (Wildman–Crippen MR) is 112 cm³/mol. The molecule has 0 bridgehead atoms. The summed E-state index contributed by atoms with van der Waals surface area (Å²) in [5, 5.41) is 13.7. The van der Waals surface area contributed by atoms with E-state index in [1.165, 1.54) is 0 Å². The maximum atomic E-state index is 11.8. The van der Waals surface area contributed by atoms with Crippen LogP contribution in [0.1, 0.15) is 39.9 Å². The molecule has 0 fully saturated rings. The zero-order valence-electron chi connectivity index (χ0n) is 15.3. The van der Waals surface area contributed by atoms with Crippen LogP contribution in [0, 0.1) is 5.92 Å². The fraction of sp³-hybridized carbons (Fsp3) is 0.286. The van der Waals surface area contributed by atoms with E-state index in [1.54, 1.807) is 26.4 Å². The topological polar surface area (TPSA) is 67.8 Å². The van der Waals surface area contributed by atoms with Crippen LogP contribution in [-0.4, -0.2) is 25.3 Å². The zero-order valence-corrected chi connectivity index (χ0v) is 17.7. The molecule has 0 amide bonds. The van der Waals surface area contributed by atoms with Crippen molar-refractivity contribution in [3.05, 3.63) is 62.6 Å². The largest absolute Gasteiger partial charge is 0.493 e. The number of anilines is 1. The van der Waals surface area contributed by atoms with Crippen molar-refractivity contribution in [2.24, 2.45) is 5.92 Å². The summed E-state index contributed by atoms with van der Waals surface area (Å²) in [6.07, 6.45) is 5.05. The monoisotopic (exact) mass is 463 g/mol. The van der Waals surface area contributed by atoms with Crippen LogP contribution in [0.2, 0.25) is 5.02 Å². The average Bonchev–Trinajstić information content (AvgIpc) is 3.16. The molecule has 0 unspecified atom stereocenters. The summed E-state index contributed by atoms with van der Waals surface area (Å²) in [5.41, 5.74) is 2.76. The number of carboxylic acid groups (broad SMARTS) is 1. The van der Waals surface area contributed by atoms with Crippen LogP contribution in [-0.2, 0) is 0 Å². The van der Waals surface area contributed by atoms with E-state index in [4.69, 9.17) is 21.1 Å². The van der Waals surface area contributed by atoms with E-state index in [9.17, 15) is 9.90 Å². The summed E-state index contributed by atoms with van der Waals surface area (Å²) >= 11 is 10.0. The fourth-order valence-corrected chi connectivity index (χ4v) is 5.15. The molecule has 1 aliphatic heterocycles. The Labute approximate surface area is 176 Å². The van der Waals surface area contributed by atoms with E-state index < -0.39 is 5.97 Å². The first-order valence-corrected chi connectivity index (χ1v) is 10.0. The molecular formula is C21H19BrClNO4. The van der Waals surface area contributed by atoms with Crippen molar-refractivity contribution >= 4 is 39.2 Å². The van der Waals surface area contributed by atoms with Crippen LogP contribution in [0.25, 0.3) is 0 Å². The number of allylic oxidation sites excluding steroid dienone is 2. The zero-order chi connectivity index (χ0) is 20.0. The average molecular weight is 465 g/mol. The van der Waals surface area contributed by atoms with Gasteiger partial charge < -0.3 is 19.9 Å². The van der Waals surface area contributed by atoms with Crippen molar-refractivity contribution < 1.29 is 19.4 Å². The molecule has 1 heterocycles. The Balaban J connectivity index is 1.86. The van der Waals surface area contributed by atoms with Gasteiger partial charge in [-0.25, -0.2) is 4.79 Å². The van der Waals surface area contributed by atoms with E-state index in [2.05, 4.69) is 33.4 Å². The molecule has 3 atom stereocenters. The highest BCUT2D eigenvalue weighted by Crippen LogP contribution is 2.53. The molecule has 28 heavy (non-hydrogen) atoms. The highest BCUT2D eigenvalue weighted by molar-refractivity contribution is 9.10. The third-order valence-electron chi connectivity index (χ3n) is 5.51. The number of carbonyl (C=O) groups is 1.